The van der Waals surface area contributed by atoms with Gasteiger partial charge in [0, 0.05) is 6.08 Å². The fourth-order valence-corrected chi connectivity index (χ4v) is 3.61. The van der Waals surface area contributed by atoms with E-state index in [1.165, 1.54) is 23.0 Å². The van der Waals surface area contributed by atoms with Crippen LogP contribution in [0.1, 0.15) is 35.5 Å². The Labute approximate surface area is 168 Å². The highest BCUT2D eigenvalue weighted by Gasteiger charge is 2.13. The maximum atomic E-state index is 12.1. The highest BCUT2D eigenvalue weighted by molar-refractivity contribution is 7.19. The van der Waals surface area contributed by atoms with Crippen molar-refractivity contribution in [3.8, 4) is 0 Å². The third kappa shape index (κ3) is 5.27. The number of amides is 1. The standard InChI is InChI=1S/C22H22N2O3S/c1-3-17(16-10-8-15(2)9-11-16)23-20(25)14-27-22(26)13-12-21-24-18-6-4-5-7-19(18)28-21/h4-13,17H,3,14H2,1-2H3,(H,23,25)/b13-12+/t17-/m1/s1. The molecule has 28 heavy (non-hydrogen) atoms. The molecular weight excluding hydrogens is 372 g/mol. The molecule has 1 N–H and O–H groups in total. The monoisotopic (exact) mass is 394 g/mol. The van der Waals surface area contributed by atoms with Crippen molar-refractivity contribution in [2.24, 2.45) is 0 Å². The molecule has 5 nitrogen and oxygen atoms in total. The first-order valence-corrected chi connectivity index (χ1v) is 9.93. The van der Waals surface area contributed by atoms with Crippen LogP contribution in [0.5, 0.6) is 0 Å². The highest BCUT2D eigenvalue weighted by atomic mass is 32.1. The van der Waals surface area contributed by atoms with Gasteiger partial charge < -0.3 is 10.1 Å². The SMILES string of the molecule is CC[C@@H](NC(=O)COC(=O)/C=C/c1nc2ccccc2s1)c1ccc(C)cc1. The number of ether oxygens (including phenoxy) is 1. The molecule has 1 heterocycles. The smallest absolute Gasteiger partial charge is 0.331 e. The van der Waals surface area contributed by atoms with E-state index in [1.807, 2.05) is 62.4 Å². The van der Waals surface area contributed by atoms with Crippen molar-refractivity contribution >= 4 is 39.5 Å². The van der Waals surface area contributed by atoms with Crippen LogP contribution < -0.4 is 5.32 Å². The Hall–Kier alpha value is -2.99. The quantitative estimate of drug-likeness (QED) is 0.475. The molecule has 0 saturated carbocycles. The molecule has 0 bridgehead atoms. The fourth-order valence-electron chi connectivity index (χ4n) is 2.74. The molecule has 0 unspecified atom stereocenters. The third-order valence-electron chi connectivity index (χ3n) is 4.24. The van der Waals surface area contributed by atoms with Gasteiger partial charge in [-0.1, -0.05) is 48.9 Å². The number of thiazole rings is 1. The van der Waals surface area contributed by atoms with Crippen molar-refractivity contribution in [2.75, 3.05) is 6.61 Å². The molecule has 2 aromatic carbocycles. The number of fused-ring (bicyclic) bond motifs is 1. The summed E-state index contributed by atoms with van der Waals surface area (Å²) in [5, 5.41) is 3.61. The van der Waals surface area contributed by atoms with Gasteiger partial charge in [0.15, 0.2) is 6.61 Å². The second-order valence-corrected chi connectivity index (χ2v) is 7.46. The lowest BCUT2D eigenvalue weighted by Crippen LogP contribution is -2.32. The van der Waals surface area contributed by atoms with E-state index in [1.54, 1.807) is 6.08 Å². The van der Waals surface area contributed by atoms with Crippen LogP contribution in [-0.2, 0) is 14.3 Å². The van der Waals surface area contributed by atoms with Gasteiger partial charge in [0.05, 0.1) is 16.3 Å². The number of nitrogens with one attached hydrogen (secondary N) is 1. The van der Waals surface area contributed by atoms with Crippen molar-refractivity contribution in [3.63, 3.8) is 0 Å². The zero-order valence-electron chi connectivity index (χ0n) is 15.8. The van der Waals surface area contributed by atoms with Crippen LogP contribution in [0.25, 0.3) is 16.3 Å². The van der Waals surface area contributed by atoms with Crippen LogP contribution in [-0.4, -0.2) is 23.5 Å². The number of hydrogen-bond donors (Lipinski definition) is 1. The van der Waals surface area contributed by atoms with Gasteiger partial charge in [-0.15, -0.1) is 11.3 Å². The van der Waals surface area contributed by atoms with E-state index in [-0.39, 0.29) is 18.6 Å². The van der Waals surface area contributed by atoms with Gasteiger partial charge >= 0.3 is 5.97 Å². The summed E-state index contributed by atoms with van der Waals surface area (Å²) in [5.74, 6) is -0.896. The van der Waals surface area contributed by atoms with E-state index < -0.39 is 5.97 Å². The Morgan fingerprint density at radius 1 is 1.18 bits per heavy atom. The average Bonchev–Trinajstić information content (AvgIpc) is 3.12. The molecule has 0 saturated heterocycles. The minimum absolute atomic E-state index is 0.106. The molecule has 0 spiro atoms. The number of para-hydroxylation sites is 1. The number of benzene rings is 2. The summed E-state index contributed by atoms with van der Waals surface area (Å²) in [6, 6.07) is 15.7. The number of esters is 1. The number of carbonyl (C=O) groups is 2. The van der Waals surface area contributed by atoms with Crippen LogP contribution in [0.2, 0.25) is 0 Å². The van der Waals surface area contributed by atoms with Crippen molar-refractivity contribution < 1.29 is 14.3 Å². The summed E-state index contributed by atoms with van der Waals surface area (Å²) in [6.07, 6.45) is 3.65. The van der Waals surface area contributed by atoms with E-state index in [0.29, 0.717) is 5.01 Å². The largest absolute Gasteiger partial charge is 0.452 e. The predicted octanol–water partition coefficient (Wildman–Crippen LogP) is 4.43. The zero-order chi connectivity index (χ0) is 19.9. The Morgan fingerprint density at radius 3 is 2.64 bits per heavy atom. The van der Waals surface area contributed by atoms with Gasteiger partial charge in [0.25, 0.3) is 5.91 Å². The Balaban J connectivity index is 1.50. The van der Waals surface area contributed by atoms with Crippen LogP contribution in [0.3, 0.4) is 0 Å². The molecule has 1 atom stereocenters. The molecule has 144 valence electrons. The molecule has 1 aromatic heterocycles. The molecule has 1 amide bonds. The summed E-state index contributed by atoms with van der Waals surface area (Å²) >= 11 is 1.49. The number of aryl methyl sites for hydroxylation is 1. The first-order valence-electron chi connectivity index (χ1n) is 9.11. The first-order chi connectivity index (χ1) is 13.5. The molecule has 0 radical (unpaired) electrons. The number of nitrogens with zero attached hydrogens (tertiary/aromatic N) is 1. The summed E-state index contributed by atoms with van der Waals surface area (Å²) < 4.78 is 6.09. The maximum Gasteiger partial charge on any atom is 0.331 e. The van der Waals surface area contributed by atoms with Crippen molar-refractivity contribution in [3.05, 3.63) is 70.7 Å². The van der Waals surface area contributed by atoms with Crippen LogP contribution in [0, 0.1) is 6.92 Å². The van der Waals surface area contributed by atoms with E-state index >= 15 is 0 Å². The molecule has 3 aromatic rings. The minimum Gasteiger partial charge on any atom is -0.452 e. The van der Waals surface area contributed by atoms with Gasteiger partial charge in [-0.3, -0.25) is 4.79 Å². The van der Waals surface area contributed by atoms with Crippen LogP contribution in [0.15, 0.2) is 54.6 Å². The van der Waals surface area contributed by atoms with Gasteiger partial charge in [-0.2, -0.15) is 0 Å². The fraction of sp³-hybridized carbons (Fsp3) is 0.227. The Bertz CT molecular complexity index is 959. The van der Waals surface area contributed by atoms with Crippen molar-refractivity contribution in [1.82, 2.24) is 10.3 Å². The molecule has 0 aliphatic carbocycles. The second kappa shape index (κ2) is 9.28. The molecule has 0 aliphatic heterocycles. The Morgan fingerprint density at radius 2 is 1.93 bits per heavy atom. The predicted molar refractivity (Wildman–Crippen MR) is 112 cm³/mol. The zero-order valence-corrected chi connectivity index (χ0v) is 16.7. The number of rotatable bonds is 7. The normalized spacial score (nSPS) is 12.2. The van der Waals surface area contributed by atoms with Gasteiger partial charge in [-0.25, -0.2) is 9.78 Å². The topological polar surface area (TPSA) is 68.3 Å². The summed E-state index contributed by atoms with van der Waals surface area (Å²) in [5.41, 5.74) is 3.09. The average molecular weight is 394 g/mol. The van der Waals surface area contributed by atoms with Gasteiger partial charge in [-0.05, 0) is 37.1 Å². The van der Waals surface area contributed by atoms with Gasteiger partial charge in [0.1, 0.15) is 5.01 Å². The lowest BCUT2D eigenvalue weighted by atomic mass is 10.0. The van der Waals surface area contributed by atoms with Crippen molar-refractivity contribution in [1.29, 1.82) is 0 Å². The van der Waals surface area contributed by atoms with E-state index in [2.05, 4.69) is 10.3 Å². The van der Waals surface area contributed by atoms with E-state index in [9.17, 15) is 9.59 Å². The Kier molecular flexibility index (Phi) is 6.55. The highest BCUT2D eigenvalue weighted by Crippen LogP contribution is 2.22. The lowest BCUT2D eigenvalue weighted by molar-refractivity contribution is -0.144. The first kappa shape index (κ1) is 19.8. The lowest BCUT2D eigenvalue weighted by Gasteiger charge is -2.17. The van der Waals surface area contributed by atoms with Crippen LogP contribution >= 0.6 is 11.3 Å². The van der Waals surface area contributed by atoms with E-state index in [4.69, 9.17) is 4.74 Å². The third-order valence-corrected chi connectivity index (χ3v) is 5.24. The molecule has 3 rings (SSSR count). The second-order valence-electron chi connectivity index (χ2n) is 6.40. The number of hydrogen-bond acceptors (Lipinski definition) is 5. The summed E-state index contributed by atoms with van der Waals surface area (Å²) in [7, 11) is 0. The molecule has 0 aliphatic rings. The summed E-state index contributed by atoms with van der Waals surface area (Å²) in [6.45, 7) is 3.70. The van der Waals surface area contributed by atoms with Crippen LogP contribution in [0.4, 0.5) is 0 Å². The van der Waals surface area contributed by atoms with Gasteiger partial charge in [0.2, 0.25) is 0 Å². The molecule has 6 heteroatoms. The van der Waals surface area contributed by atoms with Crippen molar-refractivity contribution in [2.45, 2.75) is 26.3 Å². The number of carbonyl (C=O) groups excluding carboxylic acids is 2. The minimum atomic E-state index is -0.571. The van der Waals surface area contributed by atoms with E-state index in [0.717, 1.165) is 22.2 Å². The molecular formula is C22H22N2O3S. The number of aromatic nitrogens is 1. The maximum absolute atomic E-state index is 12.1. The summed E-state index contributed by atoms with van der Waals surface area (Å²) in [4.78, 5) is 28.4. The molecule has 0 fully saturated rings.